The quantitative estimate of drug-likeness (QED) is 0.605. The molecule has 4 heteroatoms. The normalized spacial score (nSPS) is 5.60. The van der Waals surface area contributed by atoms with Gasteiger partial charge in [-0.15, -0.1) is 0 Å². The second-order valence-corrected chi connectivity index (χ2v) is 17.6. The van der Waals surface area contributed by atoms with Crippen LogP contribution < -0.4 is 5.73 Å². The average Bonchev–Trinajstić information content (AvgIpc) is 1.46. The van der Waals surface area contributed by atoms with Crippen LogP contribution in [0.2, 0.25) is 0 Å². The van der Waals surface area contributed by atoms with Gasteiger partial charge in [0.25, 0.3) is 0 Å². The molecule has 0 fully saturated rings. The first-order valence-electron chi connectivity index (χ1n) is 0.886. The Labute approximate surface area is 62.1 Å². The van der Waals surface area contributed by atoms with Gasteiger partial charge >= 0.3 is 50.5 Å². The summed E-state index contributed by atoms with van der Waals surface area (Å²) >= 11 is 5.22. The maximum absolute atomic E-state index is 4.50. The Morgan fingerprint density at radius 2 is 1.40 bits per heavy atom. The van der Waals surface area contributed by atoms with Crippen molar-refractivity contribution in [1.82, 2.24) is 0 Å². The molecule has 36 valence electrons. The molecule has 0 aliphatic heterocycles. The fourth-order valence-electron chi connectivity index (χ4n) is 0. The van der Waals surface area contributed by atoms with Gasteiger partial charge in [0.1, 0.15) is 0 Å². The van der Waals surface area contributed by atoms with E-state index in [-0.39, 0.29) is 0 Å². The van der Waals surface area contributed by atoms with Crippen LogP contribution in [-0.2, 0) is 0 Å². The summed E-state index contributed by atoms with van der Waals surface area (Å²) < 4.78 is 0. The van der Waals surface area contributed by atoms with Crippen LogP contribution in [-0.4, -0.2) is 7.05 Å². The number of rotatable bonds is 0. The van der Waals surface area contributed by atoms with E-state index in [1.54, 1.807) is 0 Å². The molecule has 0 bridgehead atoms. The molecule has 0 amide bonds. The fourth-order valence-corrected chi connectivity index (χ4v) is 0. The number of nitrogens with two attached hydrogens (primary N) is 1. The van der Waals surface area contributed by atoms with Gasteiger partial charge in [-0.2, -0.15) is 0 Å². The third-order valence-electron chi connectivity index (χ3n) is 0. The molecule has 0 radical (unpaired) electrons. The van der Waals surface area contributed by atoms with Crippen molar-refractivity contribution in [2.24, 2.45) is 5.73 Å². The van der Waals surface area contributed by atoms with Crippen LogP contribution in [0.25, 0.3) is 0 Å². The molecule has 0 aromatic carbocycles. The van der Waals surface area contributed by atoms with Gasteiger partial charge in [0.15, 0.2) is 0 Å². The van der Waals surface area contributed by atoms with Crippen LogP contribution in [0.1, 0.15) is 0 Å². The minimum absolute atomic E-state index is 0.410. The topological polar surface area (TPSA) is 26.0 Å². The standard InChI is InChI=1S/CH5N.HI3/c1-2;1-3-2/h2H2,1H3;3H. The summed E-state index contributed by atoms with van der Waals surface area (Å²) in [5.74, 6) is 0. The van der Waals surface area contributed by atoms with Crippen LogP contribution in [0.4, 0.5) is 0 Å². The molecule has 0 spiro atoms. The van der Waals surface area contributed by atoms with Gasteiger partial charge in [0.2, 0.25) is 0 Å². The first-order chi connectivity index (χ1) is 2.41. The van der Waals surface area contributed by atoms with Crippen LogP contribution in [0.5, 0.6) is 0 Å². The van der Waals surface area contributed by atoms with E-state index in [0.717, 1.165) is 0 Å². The molecule has 0 aromatic heterocycles. The molecule has 0 aliphatic carbocycles. The van der Waals surface area contributed by atoms with Crippen LogP contribution in [0, 0.1) is 0 Å². The van der Waals surface area contributed by atoms with Crippen molar-refractivity contribution in [3.05, 3.63) is 0 Å². The van der Waals surface area contributed by atoms with E-state index in [0.29, 0.717) is 13.3 Å². The number of hydrogen-bond donors (Lipinski definition) is 1. The van der Waals surface area contributed by atoms with Crippen LogP contribution >= 0.6 is 50.5 Å². The summed E-state index contributed by atoms with van der Waals surface area (Å²) in [5, 5.41) is 0. The van der Waals surface area contributed by atoms with E-state index in [9.17, 15) is 0 Å². The van der Waals surface area contributed by atoms with Crippen LogP contribution in [0.15, 0.2) is 0 Å². The van der Waals surface area contributed by atoms with E-state index in [1.165, 1.54) is 7.05 Å². The molecule has 0 saturated carbocycles. The SMILES string of the molecule is CN.I[IH]I. The van der Waals surface area contributed by atoms with Crippen molar-refractivity contribution in [2.75, 3.05) is 7.05 Å². The molecule has 5 heavy (non-hydrogen) atoms. The molecule has 0 heterocycles. The molecular formula is CH6I3N. The van der Waals surface area contributed by atoms with Gasteiger partial charge in [0.05, 0.1) is 0 Å². The number of hydrogen-bond acceptors (Lipinski definition) is 1. The minimum atomic E-state index is 0.410. The first kappa shape index (κ1) is 10.2. The maximum atomic E-state index is 4.50. The Morgan fingerprint density at radius 1 is 1.40 bits per heavy atom. The second-order valence-electron chi connectivity index (χ2n) is 0.0583. The molecule has 0 aliphatic rings. The summed E-state index contributed by atoms with van der Waals surface area (Å²) in [4.78, 5) is 0. The molecule has 2 N–H and O–H groups in total. The van der Waals surface area contributed by atoms with E-state index < -0.39 is 0 Å². The molecule has 1 nitrogen and oxygen atoms in total. The Kier molecular flexibility index (Phi) is 33.5. The molecule has 0 unspecified atom stereocenters. The van der Waals surface area contributed by atoms with E-state index in [2.05, 4.69) is 43.0 Å². The third kappa shape index (κ3) is 22.9. The van der Waals surface area contributed by atoms with E-state index >= 15 is 0 Å². The fraction of sp³-hybridized carbons (Fsp3) is 1.00. The zero-order valence-corrected chi connectivity index (χ0v) is 9.39. The predicted molar refractivity (Wildman–Crippen MR) is 53.6 cm³/mol. The van der Waals surface area contributed by atoms with Crippen molar-refractivity contribution in [3.8, 4) is 0 Å². The van der Waals surface area contributed by atoms with Gasteiger partial charge in [-0.25, -0.2) is 0 Å². The van der Waals surface area contributed by atoms with Crippen molar-refractivity contribution in [1.29, 1.82) is 0 Å². The summed E-state index contributed by atoms with van der Waals surface area (Å²) in [7, 11) is 1.50. The molecule has 0 rings (SSSR count). The van der Waals surface area contributed by atoms with Gasteiger partial charge in [0, 0.05) is 0 Å². The van der Waals surface area contributed by atoms with E-state index in [4.69, 9.17) is 0 Å². The Balaban J connectivity index is 0. The summed E-state index contributed by atoms with van der Waals surface area (Å²) in [6, 6.07) is 0. The number of halogens is 3. The Hall–Kier alpha value is 2.15. The zero-order valence-electron chi connectivity index (χ0n) is 2.74. The summed E-state index contributed by atoms with van der Waals surface area (Å²) in [6.45, 7) is 0. The van der Waals surface area contributed by atoms with Gasteiger partial charge < -0.3 is 5.73 Å². The second kappa shape index (κ2) is 16.4. The van der Waals surface area contributed by atoms with Crippen molar-refractivity contribution in [2.45, 2.75) is 0 Å². The van der Waals surface area contributed by atoms with Crippen molar-refractivity contribution >= 4 is 50.5 Å². The Bertz CT molecular complexity index is 6.85. The molecular weight excluding hydrogens is 407 g/mol. The monoisotopic (exact) mass is 413 g/mol. The first-order valence-corrected chi connectivity index (χ1v) is 14.5. The summed E-state index contributed by atoms with van der Waals surface area (Å²) in [6.07, 6.45) is 0. The third-order valence-corrected chi connectivity index (χ3v) is 0. The summed E-state index contributed by atoms with van der Waals surface area (Å²) in [5.41, 5.74) is 4.50. The molecule has 0 atom stereocenters. The van der Waals surface area contributed by atoms with Crippen molar-refractivity contribution in [3.63, 3.8) is 0 Å². The van der Waals surface area contributed by atoms with Crippen LogP contribution in [0.3, 0.4) is 0 Å². The van der Waals surface area contributed by atoms with Gasteiger partial charge in [-0.3, -0.25) is 0 Å². The zero-order chi connectivity index (χ0) is 4.71. The van der Waals surface area contributed by atoms with E-state index in [1.807, 2.05) is 0 Å². The Morgan fingerprint density at radius 3 is 1.40 bits per heavy atom. The predicted octanol–water partition coefficient (Wildman–Crippen LogP) is 1.96. The van der Waals surface area contributed by atoms with Gasteiger partial charge in [-0.05, 0) is 7.05 Å². The van der Waals surface area contributed by atoms with Gasteiger partial charge in [-0.1, -0.05) is 0 Å². The van der Waals surface area contributed by atoms with Crippen molar-refractivity contribution < 1.29 is 0 Å². The molecule has 0 aromatic rings. The molecule has 0 saturated heterocycles. The average molecular weight is 413 g/mol.